The minimum atomic E-state index is -4.34. The van der Waals surface area contributed by atoms with Crippen molar-refractivity contribution in [2.45, 2.75) is 25.4 Å². The molecule has 2 aromatic carbocycles. The maximum absolute atomic E-state index is 12.7. The van der Waals surface area contributed by atoms with Gasteiger partial charge in [0.05, 0.1) is 12.2 Å². The number of alkyl halides is 3. The van der Waals surface area contributed by atoms with Crippen molar-refractivity contribution in [1.29, 1.82) is 0 Å². The number of aliphatic hydroxyl groups is 1. The summed E-state index contributed by atoms with van der Waals surface area (Å²) < 4.78 is 38.1. The van der Waals surface area contributed by atoms with Gasteiger partial charge in [-0.1, -0.05) is 48.0 Å². The van der Waals surface area contributed by atoms with Crippen LogP contribution >= 0.6 is 0 Å². The third kappa shape index (κ3) is 4.08. The number of aryl methyl sites for hydroxylation is 1. The highest BCUT2D eigenvalue weighted by molar-refractivity contribution is 5.30. The highest BCUT2D eigenvalue weighted by Gasteiger charge is 2.30. The summed E-state index contributed by atoms with van der Waals surface area (Å²) in [6.45, 7) is 1.85. The van der Waals surface area contributed by atoms with Crippen molar-refractivity contribution in [1.82, 2.24) is 0 Å². The molecule has 0 aliphatic heterocycles. The highest BCUT2D eigenvalue weighted by Crippen LogP contribution is 2.30. The standard InChI is InChI=1S/C17H17F3O/c1-12-4-2-6-14(8-12)15(11-21)9-13-5-3-7-16(10-13)17(18,19)20/h2-8,10,15,21H,9,11H2,1H3. The number of halogens is 3. The molecule has 2 rings (SSSR count). The SMILES string of the molecule is Cc1cccc(C(CO)Cc2cccc(C(F)(F)F)c2)c1. The Labute approximate surface area is 122 Å². The Morgan fingerprint density at radius 2 is 1.76 bits per heavy atom. The van der Waals surface area contributed by atoms with E-state index in [4.69, 9.17) is 0 Å². The number of benzene rings is 2. The fourth-order valence-electron chi connectivity index (χ4n) is 2.37. The number of hydrogen-bond acceptors (Lipinski definition) is 1. The predicted octanol–water partition coefficient (Wildman–Crippen LogP) is 4.33. The van der Waals surface area contributed by atoms with Gasteiger partial charge >= 0.3 is 6.18 Å². The van der Waals surface area contributed by atoms with Crippen molar-refractivity contribution in [3.63, 3.8) is 0 Å². The lowest BCUT2D eigenvalue weighted by Crippen LogP contribution is -2.10. The van der Waals surface area contributed by atoms with Crippen LogP contribution in [0.4, 0.5) is 13.2 Å². The van der Waals surface area contributed by atoms with E-state index in [9.17, 15) is 18.3 Å². The van der Waals surface area contributed by atoms with Crippen molar-refractivity contribution in [3.8, 4) is 0 Å². The lowest BCUT2D eigenvalue weighted by Gasteiger charge is -2.16. The van der Waals surface area contributed by atoms with Gasteiger partial charge in [-0.15, -0.1) is 0 Å². The first-order valence-electron chi connectivity index (χ1n) is 6.73. The zero-order valence-corrected chi connectivity index (χ0v) is 11.7. The van der Waals surface area contributed by atoms with Gasteiger partial charge in [0, 0.05) is 5.92 Å². The minimum absolute atomic E-state index is 0.0975. The number of hydrogen-bond donors (Lipinski definition) is 1. The molecule has 1 N–H and O–H groups in total. The van der Waals surface area contributed by atoms with E-state index in [1.165, 1.54) is 6.07 Å². The third-order valence-corrected chi connectivity index (χ3v) is 3.47. The monoisotopic (exact) mass is 294 g/mol. The van der Waals surface area contributed by atoms with Crippen LogP contribution in [0.5, 0.6) is 0 Å². The summed E-state index contributed by atoms with van der Waals surface area (Å²) >= 11 is 0. The van der Waals surface area contributed by atoms with E-state index in [1.807, 2.05) is 31.2 Å². The molecule has 2 aromatic rings. The van der Waals surface area contributed by atoms with Gasteiger partial charge in [-0.2, -0.15) is 13.2 Å². The molecule has 0 saturated heterocycles. The average Bonchev–Trinajstić information content (AvgIpc) is 2.44. The van der Waals surface area contributed by atoms with E-state index >= 15 is 0 Å². The summed E-state index contributed by atoms with van der Waals surface area (Å²) in [6, 6.07) is 13.0. The Kier molecular flexibility index (Phi) is 4.68. The van der Waals surface area contributed by atoms with Crippen LogP contribution in [0.25, 0.3) is 0 Å². The van der Waals surface area contributed by atoms with Gasteiger partial charge in [0.15, 0.2) is 0 Å². The van der Waals surface area contributed by atoms with Crippen LogP contribution in [0.3, 0.4) is 0 Å². The first-order chi connectivity index (χ1) is 9.90. The fourth-order valence-corrected chi connectivity index (χ4v) is 2.37. The van der Waals surface area contributed by atoms with E-state index in [0.29, 0.717) is 12.0 Å². The molecular weight excluding hydrogens is 277 g/mol. The molecule has 0 aliphatic rings. The number of rotatable bonds is 4. The molecule has 0 saturated carbocycles. The molecule has 0 spiro atoms. The lowest BCUT2D eigenvalue weighted by molar-refractivity contribution is -0.137. The maximum atomic E-state index is 12.7. The molecular formula is C17H17F3O. The Bertz CT molecular complexity index is 605. The second kappa shape index (κ2) is 6.31. The molecule has 21 heavy (non-hydrogen) atoms. The van der Waals surface area contributed by atoms with Gasteiger partial charge in [-0.05, 0) is 30.5 Å². The predicted molar refractivity (Wildman–Crippen MR) is 76.2 cm³/mol. The van der Waals surface area contributed by atoms with Crippen LogP contribution in [-0.4, -0.2) is 11.7 Å². The molecule has 0 bridgehead atoms. The van der Waals surface area contributed by atoms with Gasteiger partial charge in [-0.25, -0.2) is 0 Å². The van der Waals surface area contributed by atoms with Crippen molar-refractivity contribution < 1.29 is 18.3 Å². The quantitative estimate of drug-likeness (QED) is 0.889. The van der Waals surface area contributed by atoms with Crippen molar-refractivity contribution in [3.05, 3.63) is 70.8 Å². The van der Waals surface area contributed by atoms with E-state index < -0.39 is 11.7 Å². The average molecular weight is 294 g/mol. The van der Waals surface area contributed by atoms with E-state index in [-0.39, 0.29) is 12.5 Å². The fraction of sp³-hybridized carbons (Fsp3) is 0.294. The molecule has 1 nitrogen and oxygen atoms in total. The van der Waals surface area contributed by atoms with Gasteiger partial charge in [0.2, 0.25) is 0 Å². The summed E-state index contributed by atoms with van der Waals surface area (Å²) in [6.07, 6.45) is -3.96. The summed E-state index contributed by atoms with van der Waals surface area (Å²) in [5.74, 6) is -0.201. The number of aliphatic hydroxyl groups excluding tert-OH is 1. The van der Waals surface area contributed by atoms with Gasteiger partial charge in [0.25, 0.3) is 0 Å². The van der Waals surface area contributed by atoms with Gasteiger partial charge < -0.3 is 5.11 Å². The van der Waals surface area contributed by atoms with Crippen LogP contribution in [0.2, 0.25) is 0 Å². The zero-order valence-electron chi connectivity index (χ0n) is 11.7. The van der Waals surface area contributed by atoms with Crippen molar-refractivity contribution in [2.24, 2.45) is 0 Å². The summed E-state index contributed by atoms with van der Waals surface area (Å²) in [5.41, 5.74) is 1.93. The molecule has 0 radical (unpaired) electrons. The Balaban J connectivity index is 2.23. The summed E-state index contributed by atoms with van der Waals surface area (Å²) in [5, 5.41) is 9.54. The smallest absolute Gasteiger partial charge is 0.396 e. The molecule has 0 fully saturated rings. The zero-order chi connectivity index (χ0) is 15.5. The van der Waals surface area contributed by atoms with Crippen molar-refractivity contribution >= 4 is 0 Å². The lowest BCUT2D eigenvalue weighted by atomic mass is 9.91. The van der Waals surface area contributed by atoms with E-state index in [1.54, 1.807) is 6.07 Å². The molecule has 0 amide bonds. The van der Waals surface area contributed by atoms with Crippen LogP contribution in [-0.2, 0) is 12.6 Å². The van der Waals surface area contributed by atoms with Crippen LogP contribution < -0.4 is 0 Å². The Morgan fingerprint density at radius 1 is 1.05 bits per heavy atom. The molecule has 0 aliphatic carbocycles. The van der Waals surface area contributed by atoms with Crippen LogP contribution in [0.1, 0.15) is 28.2 Å². The van der Waals surface area contributed by atoms with E-state index in [2.05, 4.69) is 0 Å². The first kappa shape index (κ1) is 15.6. The molecule has 0 aromatic heterocycles. The molecule has 112 valence electrons. The highest BCUT2D eigenvalue weighted by atomic mass is 19.4. The second-order valence-electron chi connectivity index (χ2n) is 5.20. The van der Waals surface area contributed by atoms with Gasteiger partial charge in [0.1, 0.15) is 0 Å². The molecule has 0 heterocycles. The van der Waals surface area contributed by atoms with Gasteiger partial charge in [-0.3, -0.25) is 0 Å². The largest absolute Gasteiger partial charge is 0.416 e. The van der Waals surface area contributed by atoms with Crippen LogP contribution in [0.15, 0.2) is 48.5 Å². The Morgan fingerprint density at radius 3 is 2.38 bits per heavy atom. The van der Waals surface area contributed by atoms with E-state index in [0.717, 1.165) is 23.3 Å². The first-order valence-corrected chi connectivity index (χ1v) is 6.73. The summed E-state index contributed by atoms with van der Waals surface area (Å²) in [7, 11) is 0. The topological polar surface area (TPSA) is 20.2 Å². The second-order valence-corrected chi connectivity index (χ2v) is 5.20. The molecule has 4 heteroatoms. The normalized spacial score (nSPS) is 13.2. The summed E-state index contributed by atoms with van der Waals surface area (Å²) in [4.78, 5) is 0. The molecule has 1 atom stereocenters. The minimum Gasteiger partial charge on any atom is -0.396 e. The Hall–Kier alpha value is -1.81. The maximum Gasteiger partial charge on any atom is 0.416 e. The van der Waals surface area contributed by atoms with Crippen molar-refractivity contribution in [2.75, 3.05) is 6.61 Å². The molecule has 1 unspecified atom stereocenters. The third-order valence-electron chi connectivity index (χ3n) is 3.47. The van der Waals surface area contributed by atoms with Crippen LogP contribution in [0, 0.1) is 6.92 Å².